The summed E-state index contributed by atoms with van der Waals surface area (Å²) in [5.74, 6) is 0.165. The monoisotopic (exact) mass is 416 g/mol. The summed E-state index contributed by atoms with van der Waals surface area (Å²) in [4.78, 5) is 24.8. The van der Waals surface area contributed by atoms with Crippen LogP contribution in [0.25, 0.3) is 11.1 Å². The Kier molecular flexibility index (Phi) is 5.98. The molecule has 1 N–H and O–H groups in total. The zero-order valence-electron chi connectivity index (χ0n) is 17.6. The van der Waals surface area contributed by atoms with Crippen LogP contribution in [0.4, 0.5) is 0 Å². The molecule has 0 radical (unpaired) electrons. The number of fused-ring (bicyclic) bond motifs is 1. The van der Waals surface area contributed by atoms with Gasteiger partial charge in [0.05, 0.1) is 12.3 Å². The van der Waals surface area contributed by atoms with Gasteiger partial charge in [0.15, 0.2) is 0 Å². The molecule has 6 nitrogen and oxygen atoms in total. The summed E-state index contributed by atoms with van der Waals surface area (Å²) in [6, 6.07) is 17.4. The van der Waals surface area contributed by atoms with Crippen molar-refractivity contribution in [3.63, 3.8) is 0 Å². The maximum absolute atomic E-state index is 12.6. The Balaban J connectivity index is 1.52. The third kappa shape index (κ3) is 4.28. The summed E-state index contributed by atoms with van der Waals surface area (Å²) in [6.45, 7) is 3.86. The lowest BCUT2D eigenvalue weighted by Gasteiger charge is -2.13. The summed E-state index contributed by atoms with van der Waals surface area (Å²) in [6.07, 6.45) is 2.26. The molecule has 0 fully saturated rings. The van der Waals surface area contributed by atoms with Gasteiger partial charge in [0, 0.05) is 23.1 Å². The molecule has 31 heavy (non-hydrogen) atoms. The van der Waals surface area contributed by atoms with Gasteiger partial charge < -0.3 is 9.15 Å². The van der Waals surface area contributed by atoms with Crippen molar-refractivity contribution in [1.82, 2.24) is 5.43 Å². The highest BCUT2D eigenvalue weighted by atomic mass is 16.5. The van der Waals surface area contributed by atoms with Crippen molar-refractivity contribution < 1.29 is 18.7 Å². The molecule has 1 heterocycles. The third-order valence-corrected chi connectivity index (χ3v) is 5.33. The second-order valence-electron chi connectivity index (χ2n) is 7.37. The van der Waals surface area contributed by atoms with Crippen molar-refractivity contribution >= 4 is 17.6 Å². The van der Waals surface area contributed by atoms with Gasteiger partial charge in [0.2, 0.25) is 5.76 Å². The van der Waals surface area contributed by atoms with Crippen molar-refractivity contribution in [2.24, 2.45) is 5.10 Å². The average Bonchev–Trinajstić information content (AvgIpc) is 3.15. The highest BCUT2D eigenvalue weighted by Crippen LogP contribution is 2.30. The molecule has 1 aliphatic carbocycles. The Labute approximate surface area is 180 Å². The molecule has 158 valence electrons. The van der Waals surface area contributed by atoms with Crippen molar-refractivity contribution in [2.75, 3.05) is 6.61 Å². The van der Waals surface area contributed by atoms with Gasteiger partial charge in [0.25, 0.3) is 5.91 Å². The molecule has 0 aliphatic heterocycles. The van der Waals surface area contributed by atoms with Crippen LogP contribution in [0.3, 0.4) is 0 Å². The molecule has 1 aliphatic rings. The number of carbonyl (C=O) groups is 2. The van der Waals surface area contributed by atoms with Crippen LogP contribution >= 0.6 is 0 Å². The lowest BCUT2D eigenvalue weighted by Crippen LogP contribution is -2.22. The van der Waals surface area contributed by atoms with Gasteiger partial charge in [-0.3, -0.25) is 4.79 Å². The fourth-order valence-electron chi connectivity index (χ4n) is 3.80. The van der Waals surface area contributed by atoms with Gasteiger partial charge in [-0.25, -0.2) is 10.2 Å². The number of ether oxygens (including phenoxy) is 1. The standard InChI is InChI=1S/C25H24N2O4/c1-3-30-25(29)23-16(2)22-20(10-7-11-21(22)31-23)26-27-24(28)19-14-12-18(13-15-19)17-8-5-4-6-9-17/h4-6,8-9,12-15H,3,7,10-11H2,1-2H3,(H,27,28)/b26-20+. The van der Waals surface area contributed by atoms with Gasteiger partial charge in [-0.05, 0) is 49.9 Å². The number of esters is 1. The lowest BCUT2D eigenvalue weighted by molar-refractivity contribution is 0.0486. The van der Waals surface area contributed by atoms with Crippen molar-refractivity contribution in [2.45, 2.75) is 33.1 Å². The van der Waals surface area contributed by atoms with Crippen LogP contribution in [-0.2, 0) is 11.2 Å². The largest absolute Gasteiger partial charge is 0.460 e. The van der Waals surface area contributed by atoms with Gasteiger partial charge in [-0.15, -0.1) is 0 Å². The normalized spacial score (nSPS) is 14.2. The van der Waals surface area contributed by atoms with Crippen LogP contribution in [0, 0.1) is 6.92 Å². The van der Waals surface area contributed by atoms with E-state index in [2.05, 4.69) is 10.5 Å². The van der Waals surface area contributed by atoms with E-state index in [1.165, 1.54) is 0 Å². The number of amides is 1. The highest BCUT2D eigenvalue weighted by Gasteiger charge is 2.28. The SMILES string of the molecule is CCOC(=O)c1oc2c(c1C)/C(=N/NC(=O)c1ccc(-c3ccccc3)cc1)CCC2. The number of hydrogen-bond donors (Lipinski definition) is 1. The number of rotatable bonds is 5. The van der Waals surface area contributed by atoms with Crippen molar-refractivity contribution in [3.8, 4) is 11.1 Å². The number of furan rings is 1. The molecule has 0 spiro atoms. The van der Waals surface area contributed by atoms with E-state index >= 15 is 0 Å². The number of nitrogens with one attached hydrogen (secondary N) is 1. The fraction of sp³-hybridized carbons (Fsp3) is 0.240. The summed E-state index contributed by atoms with van der Waals surface area (Å²) >= 11 is 0. The van der Waals surface area contributed by atoms with E-state index in [0.717, 1.165) is 29.5 Å². The number of hydrogen-bond acceptors (Lipinski definition) is 5. The topological polar surface area (TPSA) is 80.9 Å². The molecule has 0 bridgehead atoms. The quantitative estimate of drug-likeness (QED) is 0.474. The Morgan fingerprint density at radius 1 is 1.03 bits per heavy atom. The number of carbonyl (C=O) groups excluding carboxylic acids is 2. The maximum atomic E-state index is 12.6. The van der Waals surface area contributed by atoms with Crippen LogP contribution in [-0.4, -0.2) is 24.2 Å². The van der Waals surface area contributed by atoms with E-state index in [0.29, 0.717) is 29.0 Å². The fourth-order valence-corrected chi connectivity index (χ4v) is 3.80. The van der Waals surface area contributed by atoms with Crippen LogP contribution in [0.1, 0.15) is 57.6 Å². The lowest BCUT2D eigenvalue weighted by atomic mass is 9.93. The predicted octanol–water partition coefficient (Wildman–Crippen LogP) is 4.90. The third-order valence-electron chi connectivity index (χ3n) is 5.33. The first kappa shape index (κ1) is 20.6. The number of aryl methyl sites for hydroxylation is 1. The van der Waals surface area contributed by atoms with E-state index < -0.39 is 5.97 Å². The maximum Gasteiger partial charge on any atom is 0.374 e. The second kappa shape index (κ2) is 9.00. The van der Waals surface area contributed by atoms with Gasteiger partial charge in [-0.1, -0.05) is 42.5 Å². The van der Waals surface area contributed by atoms with Gasteiger partial charge in [0.1, 0.15) is 5.76 Å². The molecule has 6 heteroatoms. The minimum atomic E-state index is -0.476. The van der Waals surface area contributed by atoms with E-state index in [-0.39, 0.29) is 18.3 Å². The Bertz CT molecular complexity index is 1130. The summed E-state index contributed by atoms with van der Waals surface area (Å²) in [5.41, 5.74) is 7.53. The molecule has 0 unspecified atom stereocenters. The molecular formula is C25H24N2O4. The van der Waals surface area contributed by atoms with Gasteiger partial charge >= 0.3 is 5.97 Å². The first-order valence-corrected chi connectivity index (χ1v) is 10.4. The molecular weight excluding hydrogens is 392 g/mol. The van der Waals surface area contributed by atoms with Crippen LogP contribution < -0.4 is 5.43 Å². The number of nitrogens with zero attached hydrogens (tertiary/aromatic N) is 1. The van der Waals surface area contributed by atoms with Crippen molar-refractivity contribution in [1.29, 1.82) is 0 Å². The molecule has 3 aromatic rings. The van der Waals surface area contributed by atoms with E-state index in [1.54, 1.807) is 19.1 Å². The van der Waals surface area contributed by atoms with Crippen LogP contribution in [0.5, 0.6) is 0 Å². The minimum Gasteiger partial charge on any atom is -0.460 e. The summed E-state index contributed by atoms with van der Waals surface area (Å²) < 4.78 is 10.8. The number of hydrazone groups is 1. The average molecular weight is 416 g/mol. The first-order valence-electron chi connectivity index (χ1n) is 10.4. The summed E-state index contributed by atoms with van der Waals surface area (Å²) in [5, 5.41) is 4.37. The molecule has 1 aromatic heterocycles. The Morgan fingerprint density at radius 3 is 2.45 bits per heavy atom. The van der Waals surface area contributed by atoms with Gasteiger partial charge in [-0.2, -0.15) is 5.10 Å². The minimum absolute atomic E-state index is 0.212. The molecule has 0 saturated carbocycles. The second-order valence-corrected chi connectivity index (χ2v) is 7.37. The van der Waals surface area contributed by atoms with E-state index in [1.807, 2.05) is 49.4 Å². The zero-order chi connectivity index (χ0) is 21.8. The molecule has 4 rings (SSSR count). The highest BCUT2D eigenvalue weighted by molar-refractivity contribution is 6.06. The predicted molar refractivity (Wildman–Crippen MR) is 118 cm³/mol. The number of benzene rings is 2. The van der Waals surface area contributed by atoms with E-state index in [9.17, 15) is 9.59 Å². The van der Waals surface area contributed by atoms with Crippen LogP contribution in [0.15, 0.2) is 64.1 Å². The Hall–Kier alpha value is -3.67. The molecule has 2 aromatic carbocycles. The first-order chi connectivity index (χ1) is 15.1. The molecule has 0 atom stereocenters. The smallest absolute Gasteiger partial charge is 0.374 e. The van der Waals surface area contributed by atoms with Crippen molar-refractivity contribution in [3.05, 3.63) is 82.8 Å². The zero-order valence-corrected chi connectivity index (χ0v) is 17.6. The molecule has 1 amide bonds. The van der Waals surface area contributed by atoms with Crippen LogP contribution in [0.2, 0.25) is 0 Å². The summed E-state index contributed by atoms with van der Waals surface area (Å²) in [7, 11) is 0. The molecule has 0 saturated heterocycles. The van der Waals surface area contributed by atoms with E-state index in [4.69, 9.17) is 9.15 Å². The Morgan fingerprint density at radius 2 is 1.74 bits per heavy atom.